The normalized spacial score (nSPS) is 9.26. The third-order valence-electron chi connectivity index (χ3n) is 1.57. The third kappa shape index (κ3) is 12.1. The van der Waals surface area contributed by atoms with Gasteiger partial charge in [0.2, 0.25) is 23.7 Å². The Labute approximate surface area is 114 Å². The summed E-state index contributed by atoms with van der Waals surface area (Å²) in [6.45, 7) is 0. The van der Waals surface area contributed by atoms with Gasteiger partial charge in [0, 0.05) is 24.3 Å². The van der Waals surface area contributed by atoms with Gasteiger partial charge in [-0.2, -0.15) is 11.8 Å². The molecule has 0 radical (unpaired) electrons. The number of nitrogens with one attached hydrogen (secondary N) is 2. The molecule has 2 amide bonds. The van der Waals surface area contributed by atoms with Crippen LogP contribution in [0.5, 0.6) is 0 Å². The first-order chi connectivity index (χ1) is 8.91. The number of carbonyl (C=O) groups excluding carboxylic acids is 2. The van der Waals surface area contributed by atoms with Crippen molar-refractivity contribution in [1.29, 1.82) is 0 Å². The minimum absolute atomic E-state index is 0.211. The van der Waals surface area contributed by atoms with Gasteiger partial charge in [-0.3, -0.25) is 9.59 Å². The van der Waals surface area contributed by atoms with Gasteiger partial charge in [0.25, 0.3) is 0 Å². The zero-order valence-electron chi connectivity index (χ0n) is 10.3. The summed E-state index contributed by atoms with van der Waals surface area (Å²) < 4.78 is 0. The number of thioether (sulfide) groups is 1. The van der Waals surface area contributed by atoms with Crippen LogP contribution in [0.4, 0.5) is 0 Å². The summed E-state index contributed by atoms with van der Waals surface area (Å²) in [4.78, 5) is 22.3. The van der Waals surface area contributed by atoms with Gasteiger partial charge >= 0.3 is 0 Å². The highest BCUT2D eigenvalue weighted by atomic mass is 32.2. The van der Waals surface area contributed by atoms with Crippen LogP contribution in [0.15, 0.2) is 10.2 Å². The summed E-state index contributed by atoms with van der Waals surface area (Å²) in [5.41, 5.74) is 24.5. The van der Waals surface area contributed by atoms with E-state index in [1.807, 2.05) is 0 Å². The Morgan fingerprint density at radius 3 is 1.53 bits per heavy atom. The van der Waals surface area contributed by atoms with Crippen molar-refractivity contribution in [2.24, 2.45) is 33.1 Å². The van der Waals surface area contributed by atoms with Crippen LogP contribution in [0, 0.1) is 0 Å². The molecule has 11 heteroatoms. The molecule has 10 N–H and O–H groups in total. The van der Waals surface area contributed by atoms with E-state index in [-0.39, 0.29) is 36.6 Å². The summed E-state index contributed by atoms with van der Waals surface area (Å²) in [6.07, 6.45) is 0.494. The zero-order valence-corrected chi connectivity index (χ0v) is 11.1. The zero-order chi connectivity index (χ0) is 14.7. The minimum Gasteiger partial charge on any atom is -0.369 e. The number of guanidine groups is 2. The van der Waals surface area contributed by atoms with Crippen molar-refractivity contribution in [3.05, 3.63) is 0 Å². The van der Waals surface area contributed by atoms with Crippen molar-refractivity contribution < 1.29 is 9.59 Å². The van der Waals surface area contributed by atoms with E-state index in [0.29, 0.717) is 11.5 Å². The van der Waals surface area contributed by atoms with E-state index in [2.05, 4.69) is 21.1 Å². The number of amides is 2. The lowest BCUT2D eigenvalue weighted by Crippen LogP contribution is -2.29. The van der Waals surface area contributed by atoms with Gasteiger partial charge in [0.1, 0.15) is 0 Å². The molecule has 0 atom stereocenters. The molecule has 0 aliphatic rings. The predicted octanol–water partition coefficient (Wildman–Crippen LogP) is -2.89. The summed E-state index contributed by atoms with van der Waals surface area (Å²) in [5.74, 6) is 0.0644. The first-order valence-corrected chi connectivity index (χ1v) is 6.40. The van der Waals surface area contributed by atoms with Crippen molar-refractivity contribution in [2.75, 3.05) is 11.5 Å². The first-order valence-electron chi connectivity index (χ1n) is 5.24. The van der Waals surface area contributed by atoms with Crippen LogP contribution in [-0.2, 0) is 9.59 Å². The van der Waals surface area contributed by atoms with Crippen molar-refractivity contribution in [2.45, 2.75) is 12.8 Å². The second-order valence-corrected chi connectivity index (χ2v) is 4.48. The van der Waals surface area contributed by atoms with Crippen LogP contribution in [-0.4, -0.2) is 35.2 Å². The molecule has 0 fully saturated rings. The van der Waals surface area contributed by atoms with Crippen LogP contribution in [0.3, 0.4) is 0 Å². The van der Waals surface area contributed by atoms with Crippen LogP contribution in [0.25, 0.3) is 0 Å². The van der Waals surface area contributed by atoms with Crippen molar-refractivity contribution in [1.82, 2.24) is 10.9 Å². The second kappa shape index (κ2) is 9.82. The summed E-state index contributed by atoms with van der Waals surface area (Å²) in [5, 5.41) is 6.71. The topological polar surface area (TPSA) is 187 Å². The molecule has 0 saturated heterocycles. The van der Waals surface area contributed by atoms with Gasteiger partial charge in [-0.05, 0) is 0 Å². The molecule has 0 aliphatic heterocycles. The Kier molecular flexibility index (Phi) is 8.70. The number of nitrogens with zero attached hydrogens (tertiary/aromatic N) is 2. The number of hydrogen-bond donors (Lipinski definition) is 6. The van der Waals surface area contributed by atoms with Crippen LogP contribution in [0.2, 0.25) is 0 Å². The molecule has 0 unspecified atom stereocenters. The molecule has 0 spiro atoms. The third-order valence-corrected chi connectivity index (χ3v) is 2.55. The lowest BCUT2D eigenvalue weighted by molar-refractivity contribution is -0.121. The average molecular weight is 290 g/mol. The molecule has 0 aliphatic carbocycles. The minimum atomic E-state index is -0.300. The van der Waals surface area contributed by atoms with Gasteiger partial charge in [-0.15, -0.1) is 10.2 Å². The van der Waals surface area contributed by atoms with E-state index in [1.165, 1.54) is 11.8 Å². The Balaban J connectivity index is 3.55. The Morgan fingerprint density at radius 2 is 1.21 bits per heavy atom. The fourth-order valence-electron chi connectivity index (χ4n) is 0.797. The molecule has 0 heterocycles. The monoisotopic (exact) mass is 290 g/mol. The van der Waals surface area contributed by atoms with Crippen molar-refractivity contribution >= 4 is 35.5 Å². The molecule has 0 bridgehead atoms. The van der Waals surface area contributed by atoms with Gasteiger partial charge in [0.05, 0.1) is 0 Å². The Hall–Kier alpha value is -2.17. The van der Waals surface area contributed by atoms with Gasteiger partial charge in [0.15, 0.2) is 0 Å². The van der Waals surface area contributed by atoms with Gasteiger partial charge in [-0.1, -0.05) is 0 Å². The van der Waals surface area contributed by atoms with Crippen LogP contribution in [0.1, 0.15) is 12.8 Å². The summed E-state index contributed by atoms with van der Waals surface area (Å²) >= 11 is 1.43. The maximum absolute atomic E-state index is 11.2. The fraction of sp³-hybridized carbons (Fsp3) is 0.500. The fourth-order valence-corrected chi connectivity index (χ4v) is 1.66. The van der Waals surface area contributed by atoms with E-state index in [9.17, 15) is 9.59 Å². The predicted molar refractivity (Wildman–Crippen MR) is 74.5 cm³/mol. The molecule has 10 nitrogen and oxygen atoms in total. The van der Waals surface area contributed by atoms with Crippen molar-refractivity contribution in [3.63, 3.8) is 0 Å². The molecule has 0 aromatic carbocycles. The number of rotatable bonds is 8. The maximum atomic E-state index is 11.2. The SMILES string of the molecule is NC(N)=NNC(=O)CCSCCC(=O)NN=C(N)N. The van der Waals surface area contributed by atoms with Crippen LogP contribution >= 0.6 is 11.8 Å². The number of hydrogen-bond acceptors (Lipinski definition) is 5. The van der Waals surface area contributed by atoms with E-state index in [0.717, 1.165) is 0 Å². The van der Waals surface area contributed by atoms with Crippen molar-refractivity contribution in [3.8, 4) is 0 Å². The molecule has 0 aromatic rings. The van der Waals surface area contributed by atoms with Gasteiger partial charge in [-0.25, -0.2) is 10.9 Å². The molecular formula is C8H18N8O2S. The number of hydrazone groups is 2. The highest BCUT2D eigenvalue weighted by Gasteiger charge is 2.02. The Bertz CT molecular complexity index is 328. The summed E-state index contributed by atoms with van der Waals surface area (Å²) in [6, 6.07) is 0. The molecule has 108 valence electrons. The molecule has 0 aromatic heterocycles. The van der Waals surface area contributed by atoms with Gasteiger partial charge < -0.3 is 22.9 Å². The molecule has 0 rings (SSSR count). The van der Waals surface area contributed by atoms with E-state index < -0.39 is 0 Å². The number of carbonyl (C=O) groups is 2. The van der Waals surface area contributed by atoms with E-state index in [4.69, 9.17) is 22.9 Å². The van der Waals surface area contributed by atoms with Crippen LogP contribution < -0.4 is 33.8 Å². The molecule has 0 saturated carbocycles. The standard InChI is InChI=1S/C8H18N8O2S/c9-7(10)15-13-5(17)1-3-19-4-2-6(18)14-16-8(11)12/h1-4H2,(H,13,17)(H,14,18)(H4,9,10,15)(H4,11,12,16). The first kappa shape index (κ1) is 16.8. The van der Waals surface area contributed by atoms with E-state index >= 15 is 0 Å². The summed E-state index contributed by atoms with van der Waals surface area (Å²) in [7, 11) is 0. The number of nitrogens with two attached hydrogens (primary N) is 4. The maximum Gasteiger partial charge on any atom is 0.241 e. The molecule has 19 heavy (non-hydrogen) atoms. The Morgan fingerprint density at radius 1 is 0.842 bits per heavy atom. The van der Waals surface area contributed by atoms with E-state index in [1.54, 1.807) is 0 Å². The lowest BCUT2D eigenvalue weighted by atomic mass is 10.5. The smallest absolute Gasteiger partial charge is 0.241 e. The largest absolute Gasteiger partial charge is 0.369 e. The molecular weight excluding hydrogens is 272 g/mol. The average Bonchev–Trinajstić information content (AvgIpc) is 2.33. The second-order valence-electron chi connectivity index (χ2n) is 3.26. The highest BCUT2D eigenvalue weighted by molar-refractivity contribution is 7.99. The highest BCUT2D eigenvalue weighted by Crippen LogP contribution is 2.04. The quantitative estimate of drug-likeness (QED) is 0.120. The lowest BCUT2D eigenvalue weighted by Gasteiger charge is -2.01.